The number of carboxylic acids is 2. The van der Waals surface area contributed by atoms with Crippen molar-refractivity contribution in [2.45, 2.75) is 321 Å². The van der Waals surface area contributed by atoms with Crippen molar-refractivity contribution in [2.75, 3.05) is 0 Å². The van der Waals surface area contributed by atoms with Crippen molar-refractivity contribution in [1.82, 2.24) is 0 Å². The Morgan fingerprint density at radius 3 is 0.525 bits per heavy atom. The number of rotatable bonds is 46. The predicted octanol–water partition coefficient (Wildman–Crippen LogP) is 13.8. The average molecular weight is 1030 g/mol. The number of carbonyl (C=O) groups is 2. The van der Waals surface area contributed by atoms with Crippen molar-refractivity contribution >= 4 is 39.2 Å². The molecule has 2 unspecified atom stereocenters. The zero-order valence-electron chi connectivity index (χ0n) is 40.1. The van der Waals surface area contributed by atoms with Gasteiger partial charge in [-0.1, -0.05) is 285 Å². The van der Waals surface area contributed by atoms with Gasteiger partial charge in [0.2, 0.25) is 0 Å². The van der Waals surface area contributed by atoms with Crippen molar-refractivity contribution in [3.05, 3.63) is 0 Å². The predicted molar refractivity (Wildman–Crippen MR) is 252 cm³/mol. The third-order valence-corrected chi connectivity index (χ3v) is 12.5. The van der Waals surface area contributed by atoms with Gasteiger partial charge in [0.05, 0.1) is 11.9 Å². The number of unbranched alkanes of at least 4 members (excludes halogenated alkanes) is 36. The third kappa shape index (κ3) is 44.2. The molecule has 0 aliphatic carbocycles. The molecule has 2 radical (unpaired) electrons. The van der Waals surface area contributed by atoms with E-state index in [0.29, 0.717) is 25.7 Å². The summed E-state index contributed by atoms with van der Waals surface area (Å²) in [7, 11) is 0. The first kappa shape index (κ1) is 63.1. The van der Waals surface area contributed by atoms with Crippen LogP contribution in [-0.4, -0.2) is 60.7 Å². The molecule has 0 aliphatic rings. The molecular weight excluding hydrogens is 928 g/mol. The van der Waals surface area contributed by atoms with E-state index in [1.54, 1.807) is 0 Å². The topological polar surface area (TPSA) is 121 Å². The molecule has 0 saturated heterocycles. The summed E-state index contributed by atoms with van der Waals surface area (Å²) in [5.41, 5.74) is -3.22. The quantitative estimate of drug-likeness (QED) is 0.0463. The van der Waals surface area contributed by atoms with Crippen molar-refractivity contribution in [3.63, 3.8) is 0 Å². The van der Waals surface area contributed by atoms with E-state index in [0.717, 1.165) is 77.0 Å². The Morgan fingerprint density at radius 1 is 0.288 bits per heavy atom. The van der Waals surface area contributed by atoms with Gasteiger partial charge in [-0.3, -0.25) is 0 Å². The molecule has 0 bridgehead atoms. The van der Waals surface area contributed by atoms with E-state index in [1.807, 2.05) is 0 Å². The van der Waals surface area contributed by atoms with Crippen LogP contribution in [-0.2, 0) is 9.59 Å². The van der Waals surface area contributed by atoms with Gasteiger partial charge in [-0.15, -0.1) is 0 Å². The summed E-state index contributed by atoms with van der Waals surface area (Å²) < 4.78 is 0. The first-order valence-electron chi connectivity index (χ1n) is 26.0. The molecule has 0 aromatic rings. The minimum absolute atomic E-state index is 0. The Hall–Kier alpha value is -0.218. The van der Waals surface area contributed by atoms with Gasteiger partial charge in [-0.05, 0) is 25.7 Å². The smallest absolute Gasteiger partial charge is 0.547 e. The largest absolute Gasteiger partial charge is 2.00 e. The molecule has 0 aromatic heterocycles. The summed E-state index contributed by atoms with van der Waals surface area (Å²) in [5.74, 6) is -2.55. The number of aliphatic hydroxyl groups is 2. The van der Waals surface area contributed by atoms with Crippen molar-refractivity contribution in [2.24, 2.45) is 0 Å². The van der Waals surface area contributed by atoms with E-state index in [4.69, 9.17) is 0 Å². The SMILES string of the molecule is CCCCCCCCCCCCCCCCC(O)(CCCCCCCC)C(=O)[O-].CCCCCCCCCCCCCCCCC(O)(CCCCCCCC)C(=O)[O-].[Pb+2]. The van der Waals surface area contributed by atoms with Crippen LogP contribution in [0.2, 0.25) is 0 Å². The molecule has 0 amide bonds. The van der Waals surface area contributed by atoms with Gasteiger partial charge in [0, 0.05) is 0 Å². The molecule has 0 rings (SSSR count). The molecule has 0 aromatic carbocycles. The van der Waals surface area contributed by atoms with Gasteiger partial charge in [0.1, 0.15) is 11.2 Å². The van der Waals surface area contributed by atoms with E-state index in [1.165, 1.54) is 180 Å². The van der Waals surface area contributed by atoms with Crippen LogP contribution in [0.4, 0.5) is 0 Å². The molecule has 2 N–H and O–H groups in total. The first-order valence-corrected chi connectivity index (χ1v) is 26.0. The second-order valence-corrected chi connectivity index (χ2v) is 18.4. The molecule has 6 nitrogen and oxygen atoms in total. The van der Waals surface area contributed by atoms with E-state index >= 15 is 0 Å². The molecule has 59 heavy (non-hydrogen) atoms. The molecule has 0 spiro atoms. The Balaban J connectivity index is -0.00000105. The van der Waals surface area contributed by atoms with Gasteiger partial charge in [0.15, 0.2) is 0 Å². The minimum Gasteiger partial charge on any atom is -0.547 e. The van der Waals surface area contributed by atoms with Gasteiger partial charge >= 0.3 is 27.3 Å². The Bertz CT molecular complexity index is 787. The third-order valence-electron chi connectivity index (χ3n) is 12.5. The van der Waals surface area contributed by atoms with Crippen molar-refractivity contribution in [1.29, 1.82) is 0 Å². The molecule has 0 saturated carbocycles. The van der Waals surface area contributed by atoms with Crippen LogP contribution in [0.3, 0.4) is 0 Å². The van der Waals surface area contributed by atoms with Crippen LogP contribution in [0.5, 0.6) is 0 Å². The maximum atomic E-state index is 11.4. The number of aliphatic carboxylic acids is 2. The normalized spacial score (nSPS) is 13.3. The summed E-state index contributed by atoms with van der Waals surface area (Å²) >= 11 is 0. The fourth-order valence-electron chi connectivity index (χ4n) is 8.28. The number of carbonyl (C=O) groups excluding carboxylic acids is 2. The summed E-state index contributed by atoms with van der Waals surface area (Å²) in [4.78, 5) is 22.8. The van der Waals surface area contributed by atoms with Crippen molar-refractivity contribution in [3.8, 4) is 0 Å². The molecule has 350 valence electrons. The molecular formula is C52H102O6Pb. The van der Waals surface area contributed by atoms with Crippen LogP contribution in [0.15, 0.2) is 0 Å². The van der Waals surface area contributed by atoms with Gasteiger partial charge in [-0.25, -0.2) is 0 Å². The summed E-state index contributed by atoms with van der Waals surface area (Å²) in [6.45, 7) is 8.90. The van der Waals surface area contributed by atoms with Crippen molar-refractivity contribution < 1.29 is 30.0 Å². The number of hydrogen-bond donors (Lipinski definition) is 2. The Kier molecular flexibility index (Phi) is 52.2. The molecule has 0 aliphatic heterocycles. The summed E-state index contributed by atoms with van der Waals surface area (Å²) in [6, 6.07) is 0. The second-order valence-electron chi connectivity index (χ2n) is 18.4. The Labute approximate surface area is 388 Å². The monoisotopic (exact) mass is 1030 g/mol. The zero-order chi connectivity index (χ0) is 43.3. The first-order chi connectivity index (χ1) is 28.1. The van der Waals surface area contributed by atoms with Crippen LogP contribution in [0.1, 0.15) is 310 Å². The fourth-order valence-corrected chi connectivity index (χ4v) is 8.28. The van der Waals surface area contributed by atoms with Crippen LogP contribution >= 0.6 is 0 Å². The Morgan fingerprint density at radius 2 is 0.407 bits per heavy atom. The number of hydrogen-bond acceptors (Lipinski definition) is 6. The summed E-state index contributed by atoms with van der Waals surface area (Å²) in [5, 5.41) is 43.6. The van der Waals surface area contributed by atoms with Crippen LogP contribution in [0.25, 0.3) is 0 Å². The van der Waals surface area contributed by atoms with Gasteiger partial charge in [-0.2, -0.15) is 0 Å². The molecule has 0 fully saturated rings. The van der Waals surface area contributed by atoms with E-state index < -0.39 is 23.1 Å². The van der Waals surface area contributed by atoms with Gasteiger partial charge < -0.3 is 30.0 Å². The fraction of sp³-hybridized carbons (Fsp3) is 0.962. The second kappa shape index (κ2) is 48.8. The van der Waals surface area contributed by atoms with Crippen LogP contribution in [0, 0.1) is 0 Å². The van der Waals surface area contributed by atoms with E-state index in [2.05, 4.69) is 27.7 Å². The molecule has 7 heteroatoms. The maximum Gasteiger partial charge on any atom is 2.00 e. The minimum atomic E-state index is -1.61. The summed E-state index contributed by atoms with van der Waals surface area (Å²) in [6.07, 6.45) is 50.3. The van der Waals surface area contributed by atoms with Gasteiger partial charge in [0.25, 0.3) is 0 Å². The maximum absolute atomic E-state index is 11.4. The molecule has 0 heterocycles. The number of carboxylic acid groups (broad SMARTS) is 2. The van der Waals surface area contributed by atoms with E-state index in [9.17, 15) is 30.0 Å². The van der Waals surface area contributed by atoms with Crippen LogP contribution < -0.4 is 10.2 Å². The van der Waals surface area contributed by atoms with E-state index in [-0.39, 0.29) is 27.3 Å². The molecule has 2 atom stereocenters. The zero-order valence-corrected chi connectivity index (χ0v) is 44.0. The average Bonchev–Trinajstić information content (AvgIpc) is 3.21. The standard InChI is InChI=1S/2C26H52O3.Pb/c2*1-3-5-7-9-11-12-13-14-15-16-17-18-20-22-24-26(29,25(27)28)23-21-19-10-8-6-4-2;/h2*29H,3-24H2,1-2H3,(H,27,28);/q;;+2/p-2.